The van der Waals surface area contributed by atoms with Crippen molar-refractivity contribution in [2.75, 3.05) is 18.4 Å². The van der Waals surface area contributed by atoms with Crippen molar-refractivity contribution in [1.82, 2.24) is 14.9 Å². The van der Waals surface area contributed by atoms with Gasteiger partial charge in [-0.05, 0) is 50.8 Å². The first-order chi connectivity index (χ1) is 12.0. The minimum Gasteiger partial charge on any atom is -0.337 e. The molecule has 0 atom stereocenters. The van der Waals surface area contributed by atoms with E-state index >= 15 is 0 Å². The number of anilines is 2. The second-order valence-corrected chi connectivity index (χ2v) is 6.40. The van der Waals surface area contributed by atoms with E-state index in [9.17, 15) is 4.79 Å². The summed E-state index contributed by atoms with van der Waals surface area (Å²) in [5.74, 6) is 0.437. The summed E-state index contributed by atoms with van der Waals surface area (Å²) in [4.78, 5) is 23.6. The molecule has 5 nitrogen and oxygen atoms in total. The lowest BCUT2D eigenvalue weighted by atomic mass is 10.1. The van der Waals surface area contributed by atoms with Crippen molar-refractivity contribution in [3.63, 3.8) is 0 Å². The van der Waals surface area contributed by atoms with Gasteiger partial charge in [-0.15, -0.1) is 0 Å². The third-order valence-corrected chi connectivity index (χ3v) is 4.07. The fourth-order valence-corrected chi connectivity index (χ4v) is 2.87. The molecule has 0 fully saturated rings. The summed E-state index contributed by atoms with van der Waals surface area (Å²) in [7, 11) is 0. The molecule has 5 heteroatoms. The van der Waals surface area contributed by atoms with Crippen LogP contribution < -0.4 is 5.32 Å². The molecule has 0 aliphatic heterocycles. The van der Waals surface area contributed by atoms with Gasteiger partial charge in [0.15, 0.2) is 0 Å². The molecular weight excluding hydrogens is 312 g/mol. The van der Waals surface area contributed by atoms with Crippen LogP contribution in [-0.2, 0) is 0 Å². The Kier molecular flexibility index (Phi) is 6.51. The first kappa shape index (κ1) is 18.9. The smallest absolute Gasteiger partial charge is 0.272 e. The van der Waals surface area contributed by atoms with Gasteiger partial charge in [0, 0.05) is 24.5 Å². The monoisotopic (exact) mass is 340 g/mol. The Morgan fingerprint density at radius 3 is 2.20 bits per heavy atom. The lowest BCUT2D eigenvalue weighted by Gasteiger charge is -2.21. The Morgan fingerprint density at radius 2 is 1.64 bits per heavy atom. The average Bonchev–Trinajstić information content (AvgIpc) is 2.57. The lowest BCUT2D eigenvalue weighted by Crippen LogP contribution is -2.33. The van der Waals surface area contributed by atoms with Crippen LogP contribution in [0.2, 0.25) is 0 Å². The first-order valence-corrected chi connectivity index (χ1v) is 8.94. The minimum absolute atomic E-state index is 0.0289. The highest BCUT2D eigenvalue weighted by atomic mass is 16.2. The van der Waals surface area contributed by atoms with Crippen LogP contribution in [0.1, 0.15) is 54.0 Å². The highest BCUT2D eigenvalue weighted by Crippen LogP contribution is 2.23. The maximum absolute atomic E-state index is 12.8. The maximum Gasteiger partial charge on any atom is 0.272 e. The molecular formula is C20H28N4O. The van der Waals surface area contributed by atoms with Crippen molar-refractivity contribution in [3.05, 3.63) is 46.8 Å². The summed E-state index contributed by atoms with van der Waals surface area (Å²) in [6.45, 7) is 11.6. The molecule has 0 aliphatic rings. The molecule has 2 aromatic rings. The quantitative estimate of drug-likeness (QED) is 0.811. The molecule has 0 radical (unpaired) electrons. The van der Waals surface area contributed by atoms with E-state index in [4.69, 9.17) is 0 Å². The topological polar surface area (TPSA) is 58.1 Å². The van der Waals surface area contributed by atoms with E-state index < -0.39 is 0 Å². The highest BCUT2D eigenvalue weighted by Gasteiger charge is 2.17. The summed E-state index contributed by atoms with van der Waals surface area (Å²) in [6, 6.07) is 7.87. The number of aromatic nitrogens is 2. The van der Waals surface area contributed by atoms with E-state index in [1.807, 2.05) is 43.9 Å². The molecule has 1 aromatic carbocycles. The first-order valence-electron chi connectivity index (χ1n) is 8.94. The van der Waals surface area contributed by atoms with Crippen molar-refractivity contribution < 1.29 is 4.79 Å². The minimum atomic E-state index is -0.0289. The fourth-order valence-electron chi connectivity index (χ4n) is 2.87. The van der Waals surface area contributed by atoms with E-state index in [2.05, 4.69) is 29.1 Å². The van der Waals surface area contributed by atoms with Crippen molar-refractivity contribution >= 4 is 17.5 Å². The number of amides is 1. The number of aryl methyl sites for hydroxylation is 3. The predicted molar refractivity (Wildman–Crippen MR) is 102 cm³/mol. The summed E-state index contributed by atoms with van der Waals surface area (Å²) in [6.07, 6.45) is 1.87. The number of rotatable bonds is 7. The molecule has 0 unspecified atom stereocenters. The predicted octanol–water partition coefficient (Wildman–Crippen LogP) is 4.41. The Bertz CT molecular complexity index is 716. The van der Waals surface area contributed by atoms with Crippen molar-refractivity contribution in [1.29, 1.82) is 0 Å². The van der Waals surface area contributed by atoms with Crippen LogP contribution >= 0.6 is 0 Å². The number of para-hydroxylation sites is 1. The van der Waals surface area contributed by atoms with Gasteiger partial charge in [0.25, 0.3) is 5.91 Å². The molecule has 0 spiro atoms. The second kappa shape index (κ2) is 8.60. The van der Waals surface area contributed by atoms with Crippen molar-refractivity contribution in [2.24, 2.45) is 0 Å². The summed E-state index contributed by atoms with van der Waals surface area (Å²) < 4.78 is 0. The second-order valence-electron chi connectivity index (χ2n) is 6.40. The van der Waals surface area contributed by atoms with Crippen LogP contribution in [0, 0.1) is 20.8 Å². The molecule has 2 rings (SSSR count). The molecule has 1 amide bonds. The van der Waals surface area contributed by atoms with E-state index in [-0.39, 0.29) is 5.91 Å². The molecule has 0 bridgehead atoms. The molecule has 0 aliphatic carbocycles. The summed E-state index contributed by atoms with van der Waals surface area (Å²) >= 11 is 0. The number of nitrogens with one attached hydrogen (secondary N) is 1. The molecule has 134 valence electrons. The largest absolute Gasteiger partial charge is 0.337 e. The third kappa shape index (κ3) is 4.78. The molecule has 1 heterocycles. The zero-order valence-corrected chi connectivity index (χ0v) is 15.9. The average molecular weight is 340 g/mol. The Morgan fingerprint density at radius 1 is 1.04 bits per heavy atom. The molecule has 1 aromatic heterocycles. The Balaban J connectivity index is 2.32. The number of carbonyl (C=O) groups is 1. The standard InChI is InChI=1S/C20H28N4O/c1-6-11-24(12-7-2)19(25)17-13-16(5)21-20(22-17)23-18-14(3)9-8-10-15(18)4/h8-10,13H,6-7,11-12H2,1-5H3,(H,21,22,23). The SMILES string of the molecule is CCCN(CCC)C(=O)c1cc(C)nc(Nc2c(C)cccc2C)n1. The van der Waals surface area contributed by atoms with Crippen molar-refractivity contribution in [3.8, 4) is 0 Å². The van der Waals surface area contributed by atoms with E-state index in [1.54, 1.807) is 6.07 Å². The van der Waals surface area contributed by atoms with Gasteiger partial charge in [0.1, 0.15) is 5.69 Å². The van der Waals surface area contributed by atoms with E-state index in [0.717, 1.165) is 48.4 Å². The molecule has 1 N–H and O–H groups in total. The van der Waals surface area contributed by atoms with Gasteiger partial charge in [-0.2, -0.15) is 0 Å². The van der Waals surface area contributed by atoms with Gasteiger partial charge in [0.2, 0.25) is 5.95 Å². The van der Waals surface area contributed by atoms with Crippen LogP contribution in [0.3, 0.4) is 0 Å². The van der Waals surface area contributed by atoms with Crippen LogP contribution in [0.15, 0.2) is 24.3 Å². The van der Waals surface area contributed by atoms with Crippen LogP contribution in [-0.4, -0.2) is 33.9 Å². The third-order valence-electron chi connectivity index (χ3n) is 4.07. The van der Waals surface area contributed by atoms with Gasteiger partial charge in [0.05, 0.1) is 0 Å². The van der Waals surface area contributed by atoms with Crippen molar-refractivity contribution in [2.45, 2.75) is 47.5 Å². The summed E-state index contributed by atoms with van der Waals surface area (Å²) in [5.41, 5.74) is 4.46. The molecule has 0 saturated carbocycles. The zero-order valence-electron chi connectivity index (χ0n) is 15.9. The number of carbonyl (C=O) groups excluding carboxylic acids is 1. The highest BCUT2D eigenvalue weighted by molar-refractivity contribution is 5.92. The van der Waals surface area contributed by atoms with E-state index in [1.165, 1.54) is 0 Å². The van der Waals surface area contributed by atoms with Gasteiger partial charge >= 0.3 is 0 Å². The van der Waals surface area contributed by atoms with Gasteiger partial charge in [-0.1, -0.05) is 32.0 Å². The Labute approximate surface area is 150 Å². The normalized spacial score (nSPS) is 10.6. The summed E-state index contributed by atoms with van der Waals surface area (Å²) in [5, 5.41) is 3.29. The Hall–Kier alpha value is -2.43. The lowest BCUT2D eigenvalue weighted by molar-refractivity contribution is 0.0749. The number of hydrogen-bond donors (Lipinski definition) is 1. The molecule has 0 saturated heterocycles. The van der Waals surface area contributed by atoms with Gasteiger partial charge in [-0.25, -0.2) is 9.97 Å². The van der Waals surface area contributed by atoms with Gasteiger partial charge in [-0.3, -0.25) is 4.79 Å². The van der Waals surface area contributed by atoms with E-state index in [0.29, 0.717) is 11.6 Å². The number of benzene rings is 1. The zero-order chi connectivity index (χ0) is 18.4. The van der Waals surface area contributed by atoms with Crippen LogP contribution in [0.4, 0.5) is 11.6 Å². The van der Waals surface area contributed by atoms with Crippen LogP contribution in [0.25, 0.3) is 0 Å². The maximum atomic E-state index is 12.8. The number of hydrogen-bond acceptors (Lipinski definition) is 4. The van der Waals surface area contributed by atoms with Gasteiger partial charge < -0.3 is 10.2 Å². The van der Waals surface area contributed by atoms with Crippen LogP contribution in [0.5, 0.6) is 0 Å². The number of nitrogens with zero attached hydrogens (tertiary/aromatic N) is 3. The molecule has 25 heavy (non-hydrogen) atoms. The fraction of sp³-hybridized carbons (Fsp3) is 0.450.